The van der Waals surface area contributed by atoms with E-state index in [9.17, 15) is 4.39 Å². The van der Waals surface area contributed by atoms with Crippen LogP contribution in [0.2, 0.25) is 5.02 Å². The summed E-state index contributed by atoms with van der Waals surface area (Å²) in [5, 5.41) is 5.81. The first-order valence-electron chi connectivity index (χ1n) is 6.50. The van der Waals surface area contributed by atoms with Crippen molar-refractivity contribution in [2.45, 2.75) is 45.1 Å². The molecule has 1 aliphatic carbocycles. The Morgan fingerprint density at radius 2 is 2.00 bits per heavy atom. The zero-order valence-corrected chi connectivity index (χ0v) is 11.2. The minimum Gasteiger partial charge on any atom is -0.259 e. The van der Waals surface area contributed by atoms with Crippen molar-refractivity contribution >= 4 is 22.5 Å². The first-order chi connectivity index (χ1) is 8.66. The van der Waals surface area contributed by atoms with Crippen molar-refractivity contribution in [2.24, 2.45) is 0 Å². The summed E-state index contributed by atoms with van der Waals surface area (Å²) in [6.45, 7) is 1.91. The summed E-state index contributed by atoms with van der Waals surface area (Å²) in [4.78, 5) is 0. The van der Waals surface area contributed by atoms with E-state index in [1.165, 1.54) is 25.3 Å². The third-order valence-corrected chi connectivity index (χ3v) is 4.04. The van der Waals surface area contributed by atoms with Crippen molar-refractivity contribution in [2.75, 3.05) is 0 Å². The number of hydrogen-bond acceptors (Lipinski definition) is 1. The van der Waals surface area contributed by atoms with Crippen LogP contribution in [-0.4, -0.2) is 9.78 Å². The van der Waals surface area contributed by atoms with Crippen molar-refractivity contribution in [3.63, 3.8) is 0 Å². The van der Waals surface area contributed by atoms with E-state index < -0.39 is 0 Å². The van der Waals surface area contributed by atoms with Gasteiger partial charge in [-0.25, -0.2) is 4.39 Å². The molecule has 0 radical (unpaired) electrons. The van der Waals surface area contributed by atoms with Crippen LogP contribution in [0.1, 0.15) is 43.8 Å². The zero-order chi connectivity index (χ0) is 12.7. The van der Waals surface area contributed by atoms with Crippen LogP contribution < -0.4 is 0 Å². The van der Waals surface area contributed by atoms with Crippen LogP contribution in [0.4, 0.5) is 4.39 Å². The van der Waals surface area contributed by atoms with E-state index in [4.69, 9.17) is 11.6 Å². The molecule has 3 rings (SSSR count). The largest absolute Gasteiger partial charge is 0.259 e. The van der Waals surface area contributed by atoms with Gasteiger partial charge >= 0.3 is 0 Å². The van der Waals surface area contributed by atoms with Gasteiger partial charge in [-0.2, -0.15) is 5.10 Å². The van der Waals surface area contributed by atoms with Crippen molar-refractivity contribution in [3.8, 4) is 0 Å². The average molecular weight is 267 g/mol. The molecule has 0 N–H and O–H groups in total. The minimum atomic E-state index is -0.260. The molecule has 1 saturated carbocycles. The van der Waals surface area contributed by atoms with E-state index in [0.29, 0.717) is 16.6 Å². The monoisotopic (exact) mass is 266 g/mol. The van der Waals surface area contributed by atoms with Crippen LogP contribution in [-0.2, 0) is 0 Å². The summed E-state index contributed by atoms with van der Waals surface area (Å²) in [6.07, 6.45) is 5.89. The maximum Gasteiger partial charge on any atom is 0.150 e. The number of halogens is 2. The van der Waals surface area contributed by atoms with Crippen molar-refractivity contribution in [1.82, 2.24) is 9.78 Å². The van der Waals surface area contributed by atoms with Crippen molar-refractivity contribution in [1.29, 1.82) is 0 Å². The number of hydrogen-bond donors (Lipinski definition) is 0. The van der Waals surface area contributed by atoms with E-state index in [1.807, 2.05) is 17.7 Å². The first-order valence-corrected chi connectivity index (χ1v) is 6.88. The summed E-state index contributed by atoms with van der Waals surface area (Å²) in [7, 11) is 0. The van der Waals surface area contributed by atoms with Gasteiger partial charge in [0.15, 0.2) is 5.82 Å². The van der Waals surface area contributed by atoms with E-state index in [0.717, 1.165) is 23.9 Å². The maximum atomic E-state index is 14.1. The molecule has 1 aliphatic rings. The Morgan fingerprint density at radius 3 is 2.72 bits per heavy atom. The quantitative estimate of drug-likeness (QED) is 0.735. The fourth-order valence-electron chi connectivity index (χ4n) is 2.93. The molecular weight excluding hydrogens is 251 g/mol. The topological polar surface area (TPSA) is 17.8 Å². The van der Waals surface area contributed by atoms with E-state index in [-0.39, 0.29) is 5.82 Å². The molecule has 0 atom stereocenters. The van der Waals surface area contributed by atoms with E-state index >= 15 is 0 Å². The number of benzene rings is 1. The fourth-order valence-corrected chi connectivity index (χ4v) is 3.13. The van der Waals surface area contributed by atoms with Gasteiger partial charge in [0, 0.05) is 10.4 Å². The van der Waals surface area contributed by atoms with Crippen molar-refractivity contribution < 1.29 is 4.39 Å². The molecule has 0 spiro atoms. The van der Waals surface area contributed by atoms with Gasteiger partial charge in [0.25, 0.3) is 0 Å². The minimum absolute atomic E-state index is 0.260. The summed E-state index contributed by atoms with van der Waals surface area (Å²) in [6, 6.07) is 3.53. The lowest BCUT2D eigenvalue weighted by Crippen LogP contribution is -2.14. The molecule has 4 heteroatoms. The van der Waals surface area contributed by atoms with Gasteiger partial charge in [-0.05, 0) is 31.9 Å². The predicted octanol–water partition coefficient (Wildman–Crippen LogP) is 4.64. The zero-order valence-electron chi connectivity index (χ0n) is 10.4. The molecule has 0 saturated heterocycles. The third-order valence-electron chi connectivity index (χ3n) is 3.83. The number of aryl methyl sites for hydroxylation is 1. The SMILES string of the molecule is Cc1nn(C2CCCCC2)c2c(F)cc(Cl)cc12. The van der Waals surface area contributed by atoms with Gasteiger partial charge in [0.1, 0.15) is 5.52 Å². The van der Waals surface area contributed by atoms with Crippen LogP contribution >= 0.6 is 11.6 Å². The lowest BCUT2D eigenvalue weighted by Gasteiger charge is -2.22. The lowest BCUT2D eigenvalue weighted by atomic mass is 9.95. The normalized spacial score (nSPS) is 17.5. The number of aromatic nitrogens is 2. The predicted molar refractivity (Wildman–Crippen MR) is 71.6 cm³/mol. The highest BCUT2D eigenvalue weighted by Gasteiger charge is 2.21. The molecule has 0 unspecified atom stereocenters. The Labute approximate surface area is 111 Å². The van der Waals surface area contributed by atoms with Gasteiger partial charge in [-0.3, -0.25) is 4.68 Å². The molecule has 1 fully saturated rings. The maximum absolute atomic E-state index is 14.1. The standard InChI is InChI=1S/C14H16ClFN2/c1-9-12-7-10(15)8-13(16)14(12)18(17-9)11-5-3-2-4-6-11/h7-8,11H,2-6H2,1H3. The molecule has 1 aromatic heterocycles. The summed E-state index contributed by atoms with van der Waals surface area (Å²) < 4.78 is 16.0. The molecular formula is C14H16ClFN2. The summed E-state index contributed by atoms with van der Waals surface area (Å²) in [5.74, 6) is -0.260. The molecule has 1 aromatic carbocycles. The smallest absolute Gasteiger partial charge is 0.150 e. The number of nitrogens with zero attached hydrogens (tertiary/aromatic N) is 2. The van der Waals surface area contributed by atoms with Gasteiger partial charge in [-0.1, -0.05) is 30.9 Å². The van der Waals surface area contributed by atoms with E-state index in [1.54, 1.807) is 0 Å². The molecule has 0 bridgehead atoms. The highest BCUT2D eigenvalue weighted by molar-refractivity contribution is 6.31. The Balaban J connectivity index is 2.17. The lowest BCUT2D eigenvalue weighted by molar-refractivity contribution is 0.334. The van der Waals surface area contributed by atoms with Gasteiger partial charge in [-0.15, -0.1) is 0 Å². The second-order valence-electron chi connectivity index (χ2n) is 5.11. The Morgan fingerprint density at radius 1 is 1.28 bits per heavy atom. The van der Waals surface area contributed by atoms with Crippen LogP contribution in [0.15, 0.2) is 12.1 Å². The molecule has 18 heavy (non-hydrogen) atoms. The molecule has 1 heterocycles. The van der Waals surface area contributed by atoms with E-state index in [2.05, 4.69) is 5.10 Å². The van der Waals surface area contributed by atoms with Gasteiger partial charge < -0.3 is 0 Å². The summed E-state index contributed by atoms with van der Waals surface area (Å²) in [5.41, 5.74) is 1.47. The highest BCUT2D eigenvalue weighted by Crippen LogP contribution is 2.33. The Bertz CT molecular complexity index is 585. The Hall–Kier alpha value is -1.09. The highest BCUT2D eigenvalue weighted by atomic mass is 35.5. The molecule has 2 nitrogen and oxygen atoms in total. The second-order valence-corrected chi connectivity index (χ2v) is 5.54. The van der Waals surface area contributed by atoms with Crippen LogP contribution in [0.3, 0.4) is 0 Å². The molecule has 2 aromatic rings. The van der Waals surface area contributed by atoms with Crippen LogP contribution in [0.5, 0.6) is 0 Å². The fraction of sp³-hybridized carbons (Fsp3) is 0.500. The summed E-state index contributed by atoms with van der Waals surface area (Å²) >= 11 is 5.91. The molecule has 0 amide bonds. The first kappa shape index (κ1) is 12.0. The second kappa shape index (κ2) is 4.54. The number of fused-ring (bicyclic) bond motifs is 1. The average Bonchev–Trinajstić information content (AvgIpc) is 2.68. The molecule has 96 valence electrons. The van der Waals surface area contributed by atoms with Crippen LogP contribution in [0.25, 0.3) is 10.9 Å². The third kappa shape index (κ3) is 1.91. The Kier molecular flexibility index (Phi) is 3.02. The van der Waals surface area contributed by atoms with Crippen molar-refractivity contribution in [3.05, 3.63) is 28.7 Å². The molecule has 0 aliphatic heterocycles. The number of rotatable bonds is 1. The van der Waals surface area contributed by atoms with Gasteiger partial charge in [0.2, 0.25) is 0 Å². The van der Waals surface area contributed by atoms with Crippen LogP contribution in [0, 0.1) is 12.7 Å². The van der Waals surface area contributed by atoms with Gasteiger partial charge in [0.05, 0.1) is 11.7 Å².